The molecule has 0 aliphatic carbocycles. The molecule has 1 aliphatic rings. The van der Waals surface area contributed by atoms with Crippen LogP contribution in [0, 0.1) is 0 Å². The summed E-state index contributed by atoms with van der Waals surface area (Å²) < 4.78 is 0. The first kappa shape index (κ1) is 15.5. The largest absolute Gasteiger partial charge is 0.348 e. The number of halogens is 1. The summed E-state index contributed by atoms with van der Waals surface area (Å²) in [5.41, 5.74) is 8.52. The quantitative estimate of drug-likeness (QED) is 0.804. The normalized spacial score (nSPS) is 14.1. The molecule has 6 heteroatoms. The second-order valence-corrected chi connectivity index (χ2v) is 5.76. The lowest BCUT2D eigenvalue weighted by Gasteiger charge is -2.17. The van der Waals surface area contributed by atoms with Crippen molar-refractivity contribution in [3.63, 3.8) is 0 Å². The number of amides is 2. The van der Waals surface area contributed by atoms with Crippen molar-refractivity contribution >= 4 is 29.1 Å². The molecule has 4 N–H and O–H groups in total. The van der Waals surface area contributed by atoms with E-state index in [4.69, 9.17) is 17.3 Å². The standard InChI is InChI=1S/C17H16ClN3O2/c18-15-4-2-1-3-12(15)14(8-19)17(23)21-11-6-5-10-9-20-16(22)13(10)7-11/h1-7,14H,8-9,19H2,(H,20,22)(H,21,23). The minimum absolute atomic E-state index is 0.127. The van der Waals surface area contributed by atoms with Crippen LogP contribution in [-0.4, -0.2) is 18.4 Å². The summed E-state index contributed by atoms with van der Waals surface area (Å²) in [6.07, 6.45) is 0. The van der Waals surface area contributed by atoms with Crippen molar-refractivity contribution in [2.45, 2.75) is 12.5 Å². The molecule has 2 amide bonds. The second kappa shape index (κ2) is 6.40. The predicted molar refractivity (Wildman–Crippen MR) is 89.5 cm³/mol. The molecule has 1 atom stereocenters. The lowest BCUT2D eigenvalue weighted by Crippen LogP contribution is -2.27. The Morgan fingerprint density at radius 1 is 1.30 bits per heavy atom. The van der Waals surface area contributed by atoms with Gasteiger partial charge in [0.2, 0.25) is 5.91 Å². The van der Waals surface area contributed by atoms with Gasteiger partial charge in [-0.25, -0.2) is 0 Å². The zero-order chi connectivity index (χ0) is 16.4. The molecule has 1 unspecified atom stereocenters. The number of carbonyl (C=O) groups is 2. The zero-order valence-corrected chi connectivity index (χ0v) is 13.1. The second-order valence-electron chi connectivity index (χ2n) is 5.35. The average molecular weight is 330 g/mol. The first-order valence-electron chi connectivity index (χ1n) is 7.26. The van der Waals surface area contributed by atoms with Crippen molar-refractivity contribution < 1.29 is 9.59 Å². The van der Waals surface area contributed by atoms with Crippen molar-refractivity contribution in [1.29, 1.82) is 0 Å². The molecule has 0 aromatic heterocycles. The van der Waals surface area contributed by atoms with E-state index in [-0.39, 0.29) is 18.4 Å². The smallest absolute Gasteiger partial charge is 0.251 e. The summed E-state index contributed by atoms with van der Waals surface area (Å²) in [7, 11) is 0. The topological polar surface area (TPSA) is 84.2 Å². The van der Waals surface area contributed by atoms with Crippen molar-refractivity contribution in [2.24, 2.45) is 5.73 Å². The molecule has 0 spiro atoms. The van der Waals surface area contributed by atoms with Gasteiger partial charge >= 0.3 is 0 Å². The molecule has 0 fully saturated rings. The highest BCUT2D eigenvalue weighted by Crippen LogP contribution is 2.26. The Morgan fingerprint density at radius 2 is 2.09 bits per heavy atom. The lowest BCUT2D eigenvalue weighted by molar-refractivity contribution is -0.117. The number of rotatable bonds is 4. The number of nitrogens with two attached hydrogens (primary N) is 1. The van der Waals surface area contributed by atoms with Crippen molar-refractivity contribution in [3.8, 4) is 0 Å². The van der Waals surface area contributed by atoms with E-state index in [0.717, 1.165) is 5.56 Å². The monoisotopic (exact) mass is 329 g/mol. The lowest BCUT2D eigenvalue weighted by atomic mass is 9.98. The number of nitrogens with one attached hydrogen (secondary N) is 2. The fourth-order valence-electron chi connectivity index (χ4n) is 2.65. The van der Waals surface area contributed by atoms with Crippen LogP contribution in [0.4, 0.5) is 5.69 Å². The van der Waals surface area contributed by atoms with E-state index in [1.54, 1.807) is 30.3 Å². The molecule has 2 aromatic rings. The van der Waals surface area contributed by atoms with Gasteiger partial charge in [-0.2, -0.15) is 0 Å². The molecular formula is C17H16ClN3O2. The fourth-order valence-corrected chi connectivity index (χ4v) is 2.92. The maximum atomic E-state index is 12.5. The van der Waals surface area contributed by atoms with Gasteiger partial charge in [-0.3, -0.25) is 9.59 Å². The van der Waals surface area contributed by atoms with Crippen LogP contribution in [0.15, 0.2) is 42.5 Å². The molecule has 1 aliphatic heterocycles. The van der Waals surface area contributed by atoms with Crippen LogP contribution >= 0.6 is 11.6 Å². The van der Waals surface area contributed by atoms with Crippen LogP contribution in [0.1, 0.15) is 27.4 Å². The third-order valence-electron chi connectivity index (χ3n) is 3.89. The van der Waals surface area contributed by atoms with Gasteiger partial charge in [0.05, 0.1) is 5.92 Å². The van der Waals surface area contributed by atoms with Gasteiger partial charge in [0.15, 0.2) is 0 Å². The van der Waals surface area contributed by atoms with E-state index in [2.05, 4.69) is 10.6 Å². The van der Waals surface area contributed by atoms with E-state index >= 15 is 0 Å². The minimum atomic E-state index is -0.550. The summed E-state index contributed by atoms with van der Waals surface area (Å²) in [5, 5.41) is 6.06. The number of benzene rings is 2. The third kappa shape index (κ3) is 3.06. The zero-order valence-electron chi connectivity index (χ0n) is 12.3. The van der Waals surface area contributed by atoms with E-state index in [0.29, 0.717) is 28.4 Å². The van der Waals surface area contributed by atoms with Gasteiger partial charge in [0.25, 0.3) is 5.91 Å². The summed E-state index contributed by atoms with van der Waals surface area (Å²) in [4.78, 5) is 24.2. The molecule has 0 bridgehead atoms. The summed E-state index contributed by atoms with van der Waals surface area (Å²) in [5.74, 6) is -0.928. The van der Waals surface area contributed by atoms with Gasteiger partial charge in [-0.15, -0.1) is 0 Å². The van der Waals surface area contributed by atoms with Crippen LogP contribution in [0.2, 0.25) is 5.02 Å². The van der Waals surface area contributed by atoms with Gasteiger partial charge in [-0.05, 0) is 29.3 Å². The highest BCUT2D eigenvalue weighted by Gasteiger charge is 2.23. The molecule has 0 saturated heterocycles. The Labute approximate surface area is 138 Å². The van der Waals surface area contributed by atoms with Crippen molar-refractivity contribution in [3.05, 3.63) is 64.2 Å². The number of hydrogen-bond acceptors (Lipinski definition) is 3. The highest BCUT2D eigenvalue weighted by atomic mass is 35.5. The Balaban J connectivity index is 1.82. The SMILES string of the molecule is NCC(C(=O)Nc1ccc2c(c1)C(=O)NC2)c1ccccc1Cl. The molecule has 2 aromatic carbocycles. The fraction of sp³-hybridized carbons (Fsp3) is 0.176. The maximum Gasteiger partial charge on any atom is 0.251 e. The average Bonchev–Trinajstić information content (AvgIpc) is 2.91. The molecule has 5 nitrogen and oxygen atoms in total. The third-order valence-corrected chi connectivity index (χ3v) is 4.24. The number of carbonyl (C=O) groups excluding carboxylic acids is 2. The van der Waals surface area contributed by atoms with Crippen molar-refractivity contribution in [1.82, 2.24) is 5.32 Å². The summed E-state index contributed by atoms with van der Waals surface area (Å²) in [6, 6.07) is 12.4. The Morgan fingerprint density at radius 3 is 2.83 bits per heavy atom. The van der Waals surface area contributed by atoms with Crippen LogP contribution in [0.5, 0.6) is 0 Å². The molecule has 0 saturated carbocycles. The predicted octanol–water partition coefficient (Wildman–Crippen LogP) is 2.26. The molecule has 23 heavy (non-hydrogen) atoms. The Hall–Kier alpha value is -2.37. The van der Waals surface area contributed by atoms with E-state index in [1.165, 1.54) is 0 Å². The summed E-state index contributed by atoms with van der Waals surface area (Å²) >= 11 is 6.15. The molecule has 118 valence electrons. The van der Waals surface area contributed by atoms with Crippen LogP contribution in [0.25, 0.3) is 0 Å². The van der Waals surface area contributed by atoms with Gasteiger partial charge in [0.1, 0.15) is 0 Å². The van der Waals surface area contributed by atoms with Gasteiger partial charge in [0, 0.05) is 29.4 Å². The number of fused-ring (bicyclic) bond motifs is 1. The first-order valence-corrected chi connectivity index (χ1v) is 7.64. The molecular weight excluding hydrogens is 314 g/mol. The first-order chi connectivity index (χ1) is 11.1. The maximum absolute atomic E-state index is 12.5. The Bertz CT molecular complexity index is 776. The van der Waals surface area contributed by atoms with Gasteiger partial charge in [-0.1, -0.05) is 35.9 Å². The molecule has 1 heterocycles. The molecule has 3 rings (SSSR count). The van der Waals surface area contributed by atoms with Crippen LogP contribution in [-0.2, 0) is 11.3 Å². The molecule has 0 radical (unpaired) electrons. The highest BCUT2D eigenvalue weighted by molar-refractivity contribution is 6.31. The summed E-state index contributed by atoms with van der Waals surface area (Å²) in [6.45, 7) is 0.661. The van der Waals surface area contributed by atoms with E-state index in [1.807, 2.05) is 12.1 Å². The van der Waals surface area contributed by atoms with E-state index < -0.39 is 5.92 Å². The number of hydrogen-bond donors (Lipinski definition) is 3. The van der Waals surface area contributed by atoms with E-state index in [9.17, 15) is 9.59 Å². The van der Waals surface area contributed by atoms with Crippen LogP contribution < -0.4 is 16.4 Å². The van der Waals surface area contributed by atoms with Crippen molar-refractivity contribution in [2.75, 3.05) is 11.9 Å². The van der Waals surface area contributed by atoms with Gasteiger partial charge < -0.3 is 16.4 Å². The number of anilines is 1. The minimum Gasteiger partial charge on any atom is -0.348 e. The van der Waals surface area contributed by atoms with Crippen LogP contribution in [0.3, 0.4) is 0 Å². The Kier molecular flexibility index (Phi) is 4.32.